The molecule has 0 aliphatic carbocycles. The fraction of sp³-hybridized carbons (Fsp3) is 0.562. The second kappa shape index (κ2) is 14.4. The summed E-state index contributed by atoms with van der Waals surface area (Å²) in [6.07, 6.45) is 1.82. The number of hydrogen-bond donors (Lipinski definition) is 1. The van der Waals surface area contributed by atoms with Crippen LogP contribution in [0.5, 0.6) is 0 Å². The molecule has 0 aromatic heterocycles. The van der Waals surface area contributed by atoms with E-state index in [2.05, 4.69) is 10.7 Å². The minimum atomic E-state index is -4.17. The predicted octanol–water partition coefficient (Wildman–Crippen LogP) is 7.25. The smallest absolute Gasteiger partial charge is 0.286 e. The number of phosphoric acid groups is 1. The van der Waals surface area contributed by atoms with Gasteiger partial charge in [-0.3, -0.25) is 14.5 Å². The normalized spacial score (nSPS) is 23.5. The molecular formula is C32H45N4O9PS2. The summed E-state index contributed by atoms with van der Waals surface area (Å²) in [4.78, 5) is 12.3. The third-order valence-corrected chi connectivity index (χ3v) is 14.0. The Morgan fingerprint density at radius 1 is 0.729 bits per heavy atom. The Kier molecular flexibility index (Phi) is 11.0. The highest BCUT2D eigenvalue weighted by atomic mass is 32.2. The van der Waals surface area contributed by atoms with Crippen LogP contribution in [-0.2, 0) is 38.3 Å². The van der Waals surface area contributed by atoms with Crippen molar-refractivity contribution in [2.24, 2.45) is 28.8 Å². The molecule has 0 bridgehead atoms. The van der Waals surface area contributed by atoms with Gasteiger partial charge >= 0.3 is 7.82 Å². The lowest BCUT2D eigenvalue weighted by molar-refractivity contribution is 0.140. The Hall–Kier alpha value is -2.49. The summed E-state index contributed by atoms with van der Waals surface area (Å²) >= 11 is 0. The summed E-state index contributed by atoms with van der Waals surface area (Å²) in [7, 11) is -12.1. The van der Waals surface area contributed by atoms with E-state index in [-0.39, 0.29) is 79.6 Å². The van der Waals surface area contributed by atoms with Crippen molar-refractivity contribution in [3.05, 3.63) is 41.3 Å². The van der Waals surface area contributed by atoms with Crippen molar-refractivity contribution < 1.29 is 35.1 Å². The molecule has 3 aromatic carbocycles. The van der Waals surface area contributed by atoms with Gasteiger partial charge in [-0.2, -0.15) is 13.2 Å². The number of piperidine rings is 2. The lowest BCUT2D eigenvalue weighted by atomic mass is 9.94. The predicted molar refractivity (Wildman–Crippen MR) is 186 cm³/mol. The maximum atomic E-state index is 14.0. The first-order chi connectivity index (χ1) is 22.6. The molecule has 2 saturated heterocycles. The zero-order valence-electron chi connectivity index (χ0n) is 28.2. The van der Waals surface area contributed by atoms with Crippen molar-refractivity contribution in [1.29, 1.82) is 0 Å². The number of fused-ring (bicyclic) bond motifs is 2. The molecule has 0 saturated carbocycles. The molecule has 16 heteroatoms. The number of nitroso groups, excluding NO2 is 1. The van der Waals surface area contributed by atoms with Crippen LogP contribution in [0.15, 0.2) is 51.4 Å². The molecule has 2 aliphatic rings. The number of anilines is 1. The van der Waals surface area contributed by atoms with Crippen LogP contribution in [0.4, 0.5) is 11.4 Å². The summed E-state index contributed by atoms with van der Waals surface area (Å²) in [5.41, 5.74) is 2.72. The van der Waals surface area contributed by atoms with Crippen molar-refractivity contribution in [3.8, 4) is 0 Å². The van der Waals surface area contributed by atoms with E-state index in [0.29, 0.717) is 26.2 Å². The molecule has 4 atom stereocenters. The third kappa shape index (κ3) is 7.34. The van der Waals surface area contributed by atoms with Crippen molar-refractivity contribution in [2.75, 3.05) is 44.9 Å². The van der Waals surface area contributed by atoms with E-state index in [9.17, 15) is 26.3 Å². The van der Waals surface area contributed by atoms with Crippen molar-refractivity contribution in [2.45, 2.75) is 64.2 Å². The van der Waals surface area contributed by atoms with E-state index >= 15 is 0 Å². The van der Waals surface area contributed by atoms with Gasteiger partial charge in [-0.05, 0) is 79.8 Å². The van der Waals surface area contributed by atoms with Gasteiger partial charge in [0.1, 0.15) is 5.69 Å². The lowest BCUT2D eigenvalue weighted by Gasteiger charge is -2.34. The van der Waals surface area contributed by atoms with Crippen LogP contribution >= 0.6 is 7.82 Å². The number of benzene rings is 3. The second-order valence-corrected chi connectivity index (χ2v) is 18.7. The Labute approximate surface area is 282 Å². The minimum Gasteiger partial charge on any atom is -0.286 e. The first-order valence-corrected chi connectivity index (χ1v) is 20.7. The van der Waals surface area contributed by atoms with Gasteiger partial charge in [-0.1, -0.05) is 39.8 Å². The van der Waals surface area contributed by atoms with E-state index in [1.54, 1.807) is 13.8 Å². The summed E-state index contributed by atoms with van der Waals surface area (Å²) in [6, 6.07) is 8.63. The first kappa shape index (κ1) is 36.8. The van der Waals surface area contributed by atoms with Gasteiger partial charge in [0.2, 0.25) is 20.0 Å². The first-order valence-electron chi connectivity index (χ1n) is 16.3. The molecule has 1 N–H and O–H groups in total. The zero-order chi connectivity index (χ0) is 35.0. The van der Waals surface area contributed by atoms with Gasteiger partial charge in [0.05, 0.1) is 28.7 Å². The van der Waals surface area contributed by atoms with E-state index in [0.717, 1.165) is 12.8 Å². The van der Waals surface area contributed by atoms with Crippen molar-refractivity contribution in [1.82, 2.24) is 8.61 Å². The highest BCUT2D eigenvalue weighted by Crippen LogP contribution is 2.51. The van der Waals surface area contributed by atoms with Crippen LogP contribution in [0.1, 0.15) is 54.4 Å². The minimum absolute atomic E-state index is 0.00139. The van der Waals surface area contributed by atoms with Crippen molar-refractivity contribution >= 4 is 60.8 Å². The van der Waals surface area contributed by atoms with Gasteiger partial charge in [-0.25, -0.2) is 21.4 Å². The molecule has 2 fully saturated rings. The third-order valence-electron chi connectivity index (χ3n) is 8.90. The van der Waals surface area contributed by atoms with Crippen LogP contribution < -0.4 is 5.48 Å². The highest BCUT2D eigenvalue weighted by Gasteiger charge is 2.35. The van der Waals surface area contributed by atoms with Crippen LogP contribution in [0.25, 0.3) is 21.5 Å². The monoisotopic (exact) mass is 724 g/mol. The van der Waals surface area contributed by atoms with Gasteiger partial charge in [0, 0.05) is 47.7 Å². The number of nitrogens with one attached hydrogen (secondary N) is 1. The average molecular weight is 725 g/mol. The molecule has 2 aliphatic heterocycles. The molecule has 264 valence electrons. The summed E-state index contributed by atoms with van der Waals surface area (Å²) in [5.74, 6) is 0.674. The SMILES string of the molecule is CCOP(=O)(OCC)ONc1c2cc(S(=O)(=O)N3C[C@H](C)C[C@H](C)C3)ccc2c(N=O)c2ccc(S(=O)(=O)N3C[C@H](C)C[C@H](C)C3)cc12. The molecule has 0 radical (unpaired) electrons. The largest absolute Gasteiger partial charge is 0.496 e. The molecule has 0 spiro atoms. The zero-order valence-corrected chi connectivity index (χ0v) is 30.7. The molecule has 0 amide bonds. The Morgan fingerprint density at radius 3 is 1.48 bits per heavy atom. The number of rotatable bonds is 12. The Bertz CT molecular complexity index is 1810. The van der Waals surface area contributed by atoms with Crippen LogP contribution in [0.3, 0.4) is 0 Å². The van der Waals surface area contributed by atoms with Gasteiger partial charge < -0.3 is 0 Å². The van der Waals surface area contributed by atoms with E-state index in [1.807, 2.05) is 27.7 Å². The number of hydrogen-bond acceptors (Lipinski definition) is 11. The fourth-order valence-corrected chi connectivity index (χ4v) is 11.5. The summed E-state index contributed by atoms with van der Waals surface area (Å²) in [5, 5.41) is 4.22. The molecule has 13 nitrogen and oxygen atoms in total. The lowest BCUT2D eigenvalue weighted by Crippen LogP contribution is -2.42. The summed E-state index contributed by atoms with van der Waals surface area (Å²) < 4.78 is 88.3. The molecule has 0 unspecified atom stereocenters. The van der Waals surface area contributed by atoms with Gasteiger partial charge in [-0.15, -0.1) is 4.91 Å². The molecule has 5 rings (SSSR count). The van der Waals surface area contributed by atoms with Crippen LogP contribution in [0, 0.1) is 28.6 Å². The Morgan fingerprint density at radius 2 is 1.12 bits per heavy atom. The van der Waals surface area contributed by atoms with Crippen LogP contribution in [-0.4, -0.2) is 64.8 Å². The second-order valence-electron chi connectivity index (χ2n) is 13.2. The topological polar surface area (TPSA) is 161 Å². The molecule has 2 heterocycles. The number of phosphoric ester groups is 1. The summed E-state index contributed by atoms with van der Waals surface area (Å²) in [6.45, 7) is 12.7. The van der Waals surface area contributed by atoms with Gasteiger partial charge in [0.25, 0.3) is 0 Å². The quantitative estimate of drug-likeness (QED) is 0.0872. The number of nitrogens with zero attached hydrogens (tertiary/aromatic N) is 3. The van der Waals surface area contributed by atoms with E-state index < -0.39 is 27.9 Å². The van der Waals surface area contributed by atoms with Crippen LogP contribution in [0.2, 0.25) is 0 Å². The maximum Gasteiger partial charge on any atom is 0.496 e. The molecule has 48 heavy (non-hydrogen) atoms. The average Bonchev–Trinajstić information content (AvgIpc) is 3.01. The number of sulfonamides is 2. The Balaban J connectivity index is 1.74. The fourth-order valence-electron chi connectivity index (χ4n) is 7.10. The van der Waals surface area contributed by atoms with E-state index in [4.69, 9.17) is 13.7 Å². The van der Waals surface area contributed by atoms with Gasteiger partial charge in [0.15, 0.2) is 0 Å². The molecular weight excluding hydrogens is 679 g/mol. The van der Waals surface area contributed by atoms with Crippen molar-refractivity contribution in [3.63, 3.8) is 0 Å². The highest BCUT2D eigenvalue weighted by molar-refractivity contribution is 7.89. The standard InChI is InChI=1S/C32H45N4O9PS2/c1-7-43-46(38,44-8-2)45-34-32-29-15-25(47(39,40)35-17-21(3)13-22(4)18-35)9-11-27(29)31(33-37)28-12-10-26(16-30(28)32)48(41,42)36-19-23(5)14-24(6)20-36/h9-12,15-16,21-24,34H,7-8,13-14,17-20H2,1-6H3/t21-,22+,23-,24+. The van der Waals surface area contributed by atoms with E-state index in [1.165, 1.54) is 45.0 Å². The molecule has 3 aromatic rings. The maximum absolute atomic E-state index is 14.0.